The van der Waals surface area contributed by atoms with E-state index in [4.69, 9.17) is 0 Å². The van der Waals surface area contributed by atoms with Crippen LogP contribution in [0.15, 0.2) is 24.3 Å². The molecule has 2 fully saturated rings. The van der Waals surface area contributed by atoms with Gasteiger partial charge in [0.05, 0.1) is 5.92 Å². The van der Waals surface area contributed by atoms with Crippen LogP contribution in [0.5, 0.6) is 0 Å². The molecule has 1 aromatic rings. The van der Waals surface area contributed by atoms with Crippen molar-refractivity contribution in [3.8, 4) is 0 Å². The first-order valence-corrected chi connectivity index (χ1v) is 8.15. The number of benzene rings is 1. The molecule has 0 saturated carbocycles. The molecule has 114 valence electrons. The number of piperidine rings is 1. The predicted molar refractivity (Wildman–Crippen MR) is 85.2 cm³/mol. The van der Waals surface area contributed by atoms with Crippen LogP contribution in [0.25, 0.3) is 0 Å². The van der Waals surface area contributed by atoms with Gasteiger partial charge in [0.1, 0.15) is 0 Å². The van der Waals surface area contributed by atoms with Crippen molar-refractivity contribution in [2.75, 3.05) is 31.5 Å². The summed E-state index contributed by atoms with van der Waals surface area (Å²) in [5.41, 5.74) is 2.22. The van der Waals surface area contributed by atoms with Crippen LogP contribution < -0.4 is 10.6 Å². The van der Waals surface area contributed by atoms with E-state index in [0.717, 1.165) is 38.2 Å². The number of amides is 1. The molecule has 2 heterocycles. The van der Waals surface area contributed by atoms with E-state index in [0.29, 0.717) is 0 Å². The molecule has 21 heavy (non-hydrogen) atoms. The van der Waals surface area contributed by atoms with Crippen LogP contribution >= 0.6 is 0 Å². The summed E-state index contributed by atoms with van der Waals surface area (Å²) in [4.78, 5) is 14.9. The molecule has 0 bridgehead atoms. The van der Waals surface area contributed by atoms with Gasteiger partial charge in [0.2, 0.25) is 5.91 Å². The molecule has 3 rings (SSSR count). The normalized spacial score (nSPS) is 23.1. The lowest BCUT2D eigenvalue weighted by atomic mass is 9.98. The van der Waals surface area contributed by atoms with Crippen molar-refractivity contribution in [1.82, 2.24) is 10.2 Å². The monoisotopic (exact) mass is 287 g/mol. The molecule has 0 radical (unpaired) electrons. The number of para-hydroxylation sites is 1. The SMILES string of the molecule is O=C(Nc1ccccc1CN1CCCC1)[C@H]1CCCNC1. The van der Waals surface area contributed by atoms with E-state index in [1.54, 1.807) is 0 Å². The van der Waals surface area contributed by atoms with Gasteiger partial charge in [-0.25, -0.2) is 0 Å². The molecule has 2 aliphatic heterocycles. The Morgan fingerprint density at radius 1 is 1.24 bits per heavy atom. The Kier molecular flexibility index (Phi) is 4.88. The highest BCUT2D eigenvalue weighted by molar-refractivity contribution is 5.93. The minimum atomic E-state index is 0.110. The number of carbonyl (C=O) groups is 1. The quantitative estimate of drug-likeness (QED) is 0.892. The van der Waals surface area contributed by atoms with E-state index < -0.39 is 0 Å². The second-order valence-corrected chi connectivity index (χ2v) is 6.17. The molecule has 4 nitrogen and oxygen atoms in total. The van der Waals surface area contributed by atoms with Crippen molar-refractivity contribution in [3.05, 3.63) is 29.8 Å². The van der Waals surface area contributed by atoms with Gasteiger partial charge in [-0.1, -0.05) is 18.2 Å². The summed E-state index contributed by atoms with van der Waals surface area (Å²) >= 11 is 0. The molecular weight excluding hydrogens is 262 g/mol. The number of hydrogen-bond acceptors (Lipinski definition) is 3. The average Bonchev–Trinajstić information content (AvgIpc) is 3.03. The number of rotatable bonds is 4. The molecule has 1 atom stereocenters. The van der Waals surface area contributed by atoms with Gasteiger partial charge in [-0.05, 0) is 56.9 Å². The third-order valence-corrected chi connectivity index (χ3v) is 4.54. The van der Waals surface area contributed by atoms with Crippen LogP contribution in [0.1, 0.15) is 31.2 Å². The highest BCUT2D eigenvalue weighted by Crippen LogP contribution is 2.21. The lowest BCUT2D eigenvalue weighted by Gasteiger charge is -2.23. The van der Waals surface area contributed by atoms with Crippen LogP contribution in [0.2, 0.25) is 0 Å². The Labute approximate surface area is 126 Å². The summed E-state index contributed by atoms with van der Waals surface area (Å²) in [7, 11) is 0. The number of nitrogens with zero attached hydrogens (tertiary/aromatic N) is 1. The van der Waals surface area contributed by atoms with Gasteiger partial charge in [0, 0.05) is 18.8 Å². The summed E-state index contributed by atoms with van der Waals surface area (Å²) in [6, 6.07) is 8.22. The maximum absolute atomic E-state index is 12.4. The highest BCUT2D eigenvalue weighted by Gasteiger charge is 2.22. The fourth-order valence-corrected chi connectivity index (χ4v) is 3.27. The fourth-order valence-electron chi connectivity index (χ4n) is 3.27. The lowest BCUT2D eigenvalue weighted by Crippen LogP contribution is -2.37. The summed E-state index contributed by atoms with van der Waals surface area (Å²) in [5.74, 6) is 0.273. The molecule has 0 spiro atoms. The molecule has 0 aromatic heterocycles. The van der Waals surface area contributed by atoms with Crippen LogP contribution in [-0.2, 0) is 11.3 Å². The number of nitrogens with one attached hydrogen (secondary N) is 2. The topological polar surface area (TPSA) is 44.4 Å². The predicted octanol–water partition coefficient (Wildman–Crippen LogP) is 2.22. The summed E-state index contributed by atoms with van der Waals surface area (Å²) in [5, 5.41) is 6.45. The van der Waals surface area contributed by atoms with Crippen molar-refractivity contribution in [2.45, 2.75) is 32.2 Å². The lowest BCUT2D eigenvalue weighted by molar-refractivity contribution is -0.120. The van der Waals surface area contributed by atoms with E-state index in [1.807, 2.05) is 12.1 Å². The van der Waals surface area contributed by atoms with Gasteiger partial charge < -0.3 is 10.6 Å². The number of carbonyl (C=O) groups excluding carboxylic acids is 1. The molecule has 2 saturated heterocycles. The van der Waals surface area contributed by atoms with Gasteiger partial charge >= 0.3 is 0 Å². The Morgan fingerprint density at radius 2 is 2.05 bits per heavy atom. The second-order valence-electron chi connectivity index (χ2n) is 6.17. The smallest absolute Gasteiger partial charge is 0.228 e. The third kappa shape index (κ3) is 3.83. The van der Waals surface area contributed by atoms with E-state index in [1.165, 1.54) is 31.5 Å². The Balaban J connectivity index is 1.65. The van der Waals surface area contributed by atoms with E-state index in [2.05, 4.69) is 27.7 Å². The van der Waals surface area contributed by atoms with E-state index in [-0.39, 0.29) is 11.8 Å². The Morgan fingerprint density at radius 3 is 2.81 bits per heavy atom. The molecule has 4 heteroatoms. The number of hydrogen-bond donors (Lipinski definition) is 2. The molecule has 2 aliphatic rings. The van der Waals surface area contributed by atoms with Crippen LogP contribution in [0.3, 0.4) is 0 Å². The minimum Gasteiger partial charge on any atom is -0.326 e. The first kappa shape index (κ1) is 14.5. The highest BCUT2D eigenvalue weighted by atomic mass is 16.1. The first-order valence-electron chi connectivity index (χ1n) is 8.15. The Bertz CT molecular complexity index is 477. The molecule has 0 unspecified atom stereocenters. The zero-order valence-electron chi connectivity index (χ0n) is 12.6. The number of likely N-dealkylation sites (tertiary alicyclic amines) is 1. The Hall–Kier alpha value is -1.39. The fraction of sp³-hybridized carbons (Fsp3) is 0.588. The van der Waals surface area contributed by atoms with Gasteiger partial charge in [0.15, 0.2) is 0 Å². The zero-order valence-corrected chi connectivity index (χ0v) is 12.6. The maximum Gasteiger partial charge on any atom is 0.228 e. The van der Waals surface area contributed by atoms with Crippen LogP contribution in [0, 0.1) is 5.92 Å². The molecular formula is C17H25N3O. The van der Waals surface area contributed by atoms with E-state index >= 15 is 0 Å². The van der Waals surface area contributed by atoms with Crippen molar-refractivity contribution in [1.29, 1.82) is 0 Å². The summed E-state index contributed by atoms with van der Waals surface area (Å²) in [6.07, 6.45) is 4.67. The van der Waals surface area contributed by atoms with Gasteiger partial charge in [-0.3, -0.25) is 9.69 Å². The van der Waals surface area contributed by atoms with Gasteiger partial charge in [0.25, 0.3) is 0 Å². The average molecular weight is 287 g/mol. The molecule has 1 amide bonds. The van der Waals surface area contributed by atoms with E-state index in [9.17, 15) is 4.79 Å². The zero-order chi connectivity index (χ0) is 14.5. The summed E-state index contributed by atoms with van der Waals surface area (Å²) in [6.45, 7) is 5.14. The van der Waals surface area contributed by atoms with Crippen LogP contribution in [0.4, 0.5) is 5.69 Å². The number of anilines is 1. The van der Waals surface area contributed by atoms with Crippen molar-refractivity contribution >= 4 is 11.6 Å². The van der Waals surface area contributed by atoms with Crippen LogP contribution in [-0.4, -0.2) is 37.0 Å². The second kappa shape index (κ2) is 7.05. The first-order chi connectivity index (χ1) is 10.3. The molecule has 0 aliphatic carbocycles. The van der Waals surface area contributed by atoms with Crippen molar-refractivity contribution in [2.24, 2.45) is 5.92 Å². The van der Waals surface area contributed by atoms with Crippen molar-refractivity contribution in [3.63, 3.8) is 0 Å². The molecule has 2 N–H and O–H groups in total. The maximum atomic E-state index is 12.4. The van der Waals surface area contributed by atoms with Gasteiger partial charge in [-0.15, -0.1) is 0 Å². The largest absolute Gasteiger partial charge is 0.326 e. The summed E-state index contributed by atoms with van der Waals surface area (Å²) < 4.78 is 0. The standard InChI is InChI=1S/C17H25N3O/c21-17(14-7-5-9-18-12-14)19-16-8-2-1-6-15(16)13-20-10-3-4-11-20/h1-2,6,8,14,18H,3-5,7,9-13H2,(H,19,21)/t14-/m0/s1. The van der Waals surface area contributed by atoms with Crippen molar-refractivity contribution < 1.29 is 4.79 Å². The third-order valence-electron chi connectivity index (χ3n) is 4.54. The minimum absolute atomic E-state index is 0.110. The van der Waals surface area contributed by atoms with Gasteiger partial charge in [-0.2, -0.15) is 0 Å². The molecule has 1 aromatic carbocycles.